The average molecular weight is 278 g/mol. The summed E-state index contributed by atoms with van der Waals surface area (Å²) in [6, 6.07) is 7.25. The molecule has 0 heterocycles. The average Bonchev–Trinajstić information content (AvgIpc) is 2.44. The number of benzene rings is 1. The largest absolute Gasteiger partial charge is 0.481 e. The number of nitrogens with two attached hydrogens (primary N) is 1. The van der Waals surface area contributed by atoms with Crippen LogP contribution < -0.4 is 11.1 Å². The number of amides is 1. The first-order valence-electron chi connectivity index (χ1n) is 6.82. The molecule has 5 heteroatoms. The normalized spacial score (nSPS) is 11.9. The highest BCUT2D eigenvalue weighted by molar-refractivity contribution is 5.90. The fourth-order valence-corrected chi connectivity index (χ4v) is 1.72. The Morgan fingerprint density at radius 2 is 1.90 bits per heavy atom. The fourth-order valence-electron chi connectivity index (χ4n) is 1.72. The van der Waals surface area contributed by atoms with Crippen molar-refractivity contribution >= 4 is 17.6 Å². The van der Waals surface area contributed by atoms with Gasteiger partial charge in [-0.1, -0.05) is 19.1 Å². The molecule has 5 nitrogen and oxygen atoms in total. The van der Waals surface area contributed by atoms with E-state index in [0.29, 0.717) is 25.3 Å². The first-order chi connectivity index (χ1) is 9.51. The predicted molar refractivity (Wildman–Crippen MR) is 78.5 cm³/mol. The van der Waals surface area contributed by atoms with Crippen LogP contribution in [0.4, 0.5) is 5.69 Å². The van der Waals surface area contributed by atoms with Crippen LogP contribution in [0.5, 0.6) is 0 Å². The molecule has 4 N–H and O–H groups in total. The molecule has 1 atom stereocenters. The molecule has 20 heavy (non-hydrogen) atoms. The lowest BCUT2D eigenvalue weighted by atomic mass is 10.1. The van der Waals surface area contributed by atoms with Crippen LogP contribution in [-0.2, 0) is 16.0 Å². The number of anilines is 1. The van der Waals surface area contributed by atoms with Gasteiger partial charge in [0.1, 0.15) is 0 Å². The van der Waals surface area contributed by atoms with E-state index in [1.165, 1.54) is 0 Å². The van der Waals surface area contributed by atoms with Crippen LogP contribution in [0.25, 0.3) is 0 Å². The van der Waals surface area contributed by atoms with Gasteiger partial charge in [-0.25, -0.2) is 0 Å². The zero-order valence-corrected chi connectivity index (χ0v) is 11.8. The maximum absolute atomic E-state index is 11.7. The Morgan fingerprint density at radius 1 is 1.25 bits per heavy atom. The van der Waals surface area contributed by atoms with Crippen molar-refractivity contribution in [3.05, 3.63) is 29.8 Å². The number of nitrogens with one attached hydrogen (secondary N) is 1. The number of hydrogen-bond donors (Lipinski definition) is 3. The van der Waals surface area contributed by atoms with E-state index < -0.39 is 5.97 Å². The van der Waals surface area contributed by atoms with Gasteiger partial charge < -0.3 is 16.2 Å². The zero-order chi connectivity index (χ0) is 15.0. The highest BCUT2D eigenvalue weighted by atomic mass is 16.4. The molecule has 1 aromatic rings. The van der Waals surface area contributed by atoms with Gasteiger partial charge >= 0.3 is 5.97 Å². The summed E-state index contributed by atoms with van der Waals surface area (Å²) in [6.45, 7) is 2.61. The molecule has 0 saturated carbocycles. The summed E-state index contributed by atoms with van der Waals surface area (Å²) in [5, 5.41) is 11.4. The monoisotopic (exact) mass is 278 g/mol. The molecular weight excluding hydrogens is 256 g/mol. The molecule has 0 fully saturated rings. The molecule has 1 unspecified atom stereocenters. The van der Waals surface area contributed by atoms with E-state index in [4.69, 9.17) is 10.8 Å². The molecule has 1 amide bonds. The van der Waals surface area contributed by atoms with Crippen LogP contribution in [0.3, 0.4) is 0 Å². The second-order valence-corrected chi connectivity index (χ2v) is 5.02. The maximum atomic E-state index is 11.7. The third-order valence-corrected chi connectivity index (χ3v) is 3.13. The summed E-state index contributed by atoms with van der Waals surface area (Å²) in [5.41, 5.74) is 7.18. The van der Waals surface area contributed by atoms with Gasteiger partial charge in [0, 0.05) is 18.5 Å². The Kier molecular flexibility index (Phi) is 6.73. The second-order valence-electron chi connectivity index (χ2n) is 5.02. The SMILES string of the molecule is CC(CN)CCC(=O)Nc1ccc(CCC(=O)O)cc1. The van der Waals surface area contributed by atoms with Crippen LogP contribution in [0.2, 0.25) is 0 Å². The first-order valence-corrected chi connectivity index (χ1v) is 6.82. The van der Waals surface area contributed by atoms with E-state index in [9.17, 15) is 9.59 Å². The standard InChI is InChI=1S/C15H22N2O3/c1-11(10-16)2-8-14(18)17-13-6-3-12(4-7-13)5-9-15(19)20/h3-4,6-7,11H,2,5,8-10,16H2,1H3,(H,17,18)(H,19,20). The van der Waals surface area contributed by atoms with Crippen molar-refractivity contribution in [3.8, 4) is 0 Å². The minimum absolute atomic E-state index is 0.0245. The van der Waals surface area contributed by atoms with E-state index in [0.717, 1.165) is 17.7 Å². The number of carbonyl (C=O) groups excluding carboxylic acids is 1. The van der Waals surface area contributed by atoms with Gasteiger partial charge in [0.15, 0.2) is 0 Å². The highest BCUT2D eigenvalue weighted by Gasteiger charge is 2.06. The topological polar surface area (TPSA) is 92.4 Å². The van der Waals surface area contributed by atoms with Crippen molar-refractivity contribution in [2.24, 2.45) is 11.7 Å². The molecule has 0 saturated heterocycles. The van der Waals surface area contributed by atoms with Crippen molar-refractivity contribution in [1.82, 2.24) is 0 Å². The molecule has 0 aliphatic heterocycles. The highest BCUT2D eigenvalue weighted by Crippen LogP contribution is 2.12. The Morgan fingerprint density at radius 3 is 2.45 bits per heavy atom. The lowest BCUT2D eigenvalue weighted by Gasteiger charge is -2.09. The van der Waals surface area contributed by atoms with Gasteiger partial charge in [0.05, 0.1) is 0 Å². The molecule has 0 radical (unpaired) electrons. The third-order valence-electron chi connectivity index (χ3n) is 3.13. The summed E-state index contributed by atoms with van der Waals surface area (Å²) in [5.74, 6) is -0.487. The Labute approximate surface area is 119 Å². The van der Waals surface area contributed by atoms with E-state index in [1.54, 1.807) is 12.1 Å². The summed E-state index contributed by atoms with van der Waals surface area (Å²) in [6.07, 6.45) is 1.85. The van der Waals surface area contributed by atoms with Crippen molar-refractivity contribution in [2.75, 3.05) is 11.9 Å². The molecule has 1 aromatic carbocycles. The van der Waals surface area contributed by atoms with Gasteiger partial charge in [-0.2, -0.15) is 0 Å². The fraction of sp³-hybridized carbons (Fsp3) is 0.467. The summed E-state index contributed by atoms with van der Waals surface area (Å²) in [4.78, 5) is 22.2. The Bertz CT molecular complexity index is 443. The summed E-state index contributed by atoms with van der Waals surface area (Å²) < 4.78 is 0. The number of rotatable bonds is 8. The van der Waals surface area contributed by atoms with Crippen LogP contribution in [0, 0.1) is 5.92 Å². The van der Waals surface area contributed by atoms with E-state index >= 15 is 0 Å². The second kappa shape index (κ2) is 8.32. The first kappa shape index (κ1) is 16.2. The number of carboxylic acid groups (broad SMARTS) is 1. The zero-order valence-electron chi connectivity index (χ0n) is 11.8. The molecule has 0 aromatic heterocycles. The summed E-state index contributed by atoms with van der Waals surface area (Å²) in [7, 11) is 0. The van der Waals surface area contributed by atoms with E-state index in [2.05, 4.69) is 5.32 Å². The van der Waals surface area contributed by atoms with Crippen molar-refractivity contribution < 1.29 is 14.7 Å². The Balaban J connectivity index is 2.40. The molecule has 1 rings (SSSR count). The predicted octanol–water partition coefficient (Wildman–Crippen LogP) is 2.02. The number of hydrogen-bond acceptors (Lipinski definition) is 3. The van der Waals surface area contributed by atoms with Gasteiger partial charge in [0.2, 0.25) is 5.91 Å². The number of aryl methyl sites for hydroxylation is 1. The smallest absolute Gasteiger partial charge is 0.303 e. The number of aliphatic carboxylic acids is 1. The molecule has 0 aliphatic rings. The minimum atomic E-state index is -0.809. The lowest BCUT2D eigenvalue weighted by Crippen LogP contribution is -2.16. The number of carbonyl (C=O) groups is 2. The van der Waals surface area contributed by atoms with Crippen LogP contribution in [0.15, 0.2) is 24.3 Å². The third kappa shape index (κ3) is 6.33. The summed E-state index contributed by atoms with van der Waals surface area (Å²) >= 11 is 0. The van der Waals surface area contributed by atoms with Gasteiger partial charge in [-0.15, -0.1) is 0 Å². The van der Waals surface area contributed by atoms with Crippen LogP contribution >= 0.6 is 0 Å². The van der Waals surface area contributed by atoms with Crippen molar-refractivity contribution in [1.29, 1.82) is 0 Å². The molecule has 0 bridgehead atoms. The molecular formula is C15H22N2O3. The van der Waals surface area contributed by atoms with Gasteiger partial charge in [-0.3, -0.25) is 9.59 Å². The maximum Gasteiger partial charge on any atom is 0.303 e. The van der Waals surface area contributed by atoms with Crippen LogP contribution in [0.1, 0.15) is 31.7 Å². The molecule has 110 valence electrons. The number of carboxylic acids is 1. The van der Waals surface area contributed by atoms with E-state index in [-0.39, 0.29) is 12.3 Å². The van der Waals surface area contributed by atoms with E-state index in [1.807, 2.05) is 19.1 Å². The van der Waals surface area contributed by atoms with Crippen molar-refractivity contribution in [3.63, 3.8) is 0 Å². The van der Waals surface area contributed by atoms with Crippen molar-refractivity contribution in [2.45, 2.75) is 32.6 Å². The Hall–Kier alpha value is -1.88. The molecule has 0 aliphatic carbocycles. The minimum Gasteiger partial charge on any atom is -0.481 e. The van der Waals surface area contributed by atoms with Gasteiger partial charge in [-0.05, 0) is 43.0 Å². The van der Waals surface area contributed by atoms with Gasteiger partial charge in [0.25, 0.3) is 0 Å². The molecule has 0 spiro atoms. The van der Waals surface area contributed by atoms with Crippen LogP contribution in [-0.4, -0.2) is 23.5 Å². The quantitative estimate of drug-likeness (QED) is 0.678. The lowest BCUT2D eigenvalue weighted by molar-refractivity contribution is -0.137.